The molecule has 0 aliphatic carbocycles. The smallest absolute Gasteiger partial charge is 0.338 e. The van der Waals surface area contributed by atoms with Crippen molar-refractivity contribution in [2.75, 3.05) is 0 Å². The van der Waals surface area contributed by atoms with E-state index in [4.69, 9.17) is 14.2 Å². The lowest BCUT2D eigenvalue weighted by molar-refractivity contribution is -0.171. The molecule has 1 heterocycles. The van der Waals surface area contributed by atoms with Gasteiger partial charge in [-0.05, 0) is 37.5 Å². The number of esters is 1. The molecule has 1 saturated heterocycles. The molecule has 1 aliphatic rings. The van der Waals surface area contributed by atoms with E-state index in [-0.39, 0.29) is 18.7 Å². The predicted octanol–water partition coefficient (Wildman–Crippen LogP) is 3.94. The molecule has 126 valence electrons. The number of carbonyl (C=O) groups excluding carboxylic acids is 1. The van der Waals surface area contributed by atoms with E-state index in [1.807, 2.05) is 49.4 Å². The van der Waals surface area contributed by atoms with E-state index in [1.54, 1.807) is 13.8 Å². The summed E-state index contributed by atoms with van der Waals surface area (Å²) in [5.74, 6) is -1.14. The van der Waals surface area contributed by atoms with Crippen molar-refractivity contribution in [1.29, 1.82) is 0 Å². The normalized spacial score (nSPS) is 22.3. The van der Waals surface area contributed by atoms with Crippen molar-refractivity contribution in [3.8, 4) is 11.1 Å². The fraction of sp³-hybridized carbons (Fsp3) is 0.350. The molecule has 0 spiro atoms. The van der Waals surface area contributed by atoms with Gasteiger partial charge in [0.25, 0.3) is 0 Å². The lowest BCUT2D eigenvalue weighted by Gasteiger charge is -2.16. The number of hydrogen-bond donors (Lipinski definition) is 0. The molecule has 2 atom stereocenters. The molecule has 4 heteroatoms. The Morgan fingerprint density at radius 2 is 1.62 bits per heavy atom. The number of rotatable bonds is 4. The molecular weight excluding hydrogens is 304 g/mol. The fourth-order valence-electron chi connectivity index (χ4n) is 2.84. The standard InChI is InChI=1S/C20H22O4/c1-14-18(24-20(2,3)23-14)19(21)22-13-15-9-11-17(12-10-15)16-7-5-4-6-8-16/h4-12,14,18H,13H2,1-3H3/t14-,18+/m0/s1. The van der Waals surface area contributed by atoms with Gasteiger partial charge in [0.15, 0.2) is 11.9 Å². The molecule has 2 aromatic rings. The van der Waals surface area contributed by atoms with Crippen molar-refractivity contribution < 1.29 is 19.0 Å². The third-order valence-corrected chi connectivity index (χ3v) is 3.98. The van der Waals surface area contributed by atoms with Crippen molar-refractivity contribution in [3.63, 3.8) is 0 Å². The first-order valence-corrected chi connectivity index (χ1v) is 8.11. The fourth-order valence-corrected chi connectivity index (χ4v) is 2.84. The minimum absolute atomic E-state index is 0.223. The number of hydrogen-bond acceptors (Lipinski definition) is 4. The van der Waals surface area contributed by atoms with Gasteiger partial charge in [-0.1, -0.05) is 54.6 Å². The molecule has 2 aromatic carbocycles. The van der Waals surface area contributed by atoms with Crippen molar-refractivity contribution in [2.24, 2.45) is 0 Å². The Bertz CT molecular complexity index is 691. The van der Waals surface area contributed by atoms with Crippen LogP contribution in [-0.4, -0.2) is 24.0 Å². The molecule has 1 fully saturated rings. The van der Waals surface area contributed by atoms with Crippen molar-refractivity contribution >= 4 is 5.97 Å². The Morgan fingerprint density at radius 1 is 1.00 bits per heavy atom. The van der Waals surface area contributed by atoms with E-state index in [0.717, 1.165) is 16.7 Å². The zero-order valence-corrected chi connectivity index (χ0v) is 14.2. The molecule has 0 radical (unpaired) electrons. The zero-order valence-electron chi connectivity index (χ0n) is 14.2. The predicted molar refractivity (Wildman–Crippen MR) is 91.2 cm³/mol. The highest BCUT2D eigenvalue weighted by molar-refractivity contribution is 5.75. The van der Waals surface area contributed by atoms with Gasteiger partial charge in [0.1, 0.15) is 6.61 Å². The molecule has 1 aliphatic heterocycles. The van der Waals surface area contributed by atoms with Crippen molar-refractivity contribution in [2.45, 2.75) is 45.4 Å². The third-order valence-electron chi connectivity index (χ3n) is 3.98. The molecular formula is C20H22O4. The van der Waals surface area contributed by atoms with Gasteiger partial charge >= 0.3 is 5.97 Å². The maximum Gasteiger partial charge on any atom is 0.338 e. The molecule has 4 nitrogen and oxygen atoms in total. The number of benzene rings is 2. The van der Waals surface area contributed by atoms with Crippen LogP contribution in [0.3, 0.4) is 0 Å². The third kappa shape index (κ3) is 3.83. The van der Waals surface area contributed by atoms with E-state index in [1.165, 1.54) is 0 Å². The van der Waals surface area contributed by atoms with Crippen LogP contribution in [0.5, 0.6) is 0 Å². The summed E-state index contributed by atoms with van der Waals surface area (Å²) in [6, 6.07) is 18.1. The Hall–Kier alpha value is -2.17. The average Bonchev–Trinajstić information content (AvgIpc) is 2.87. The molecule has 24 heavy (non-hydrogen) atoms. The largest absolute Gasteiger partial charge is 0.459 e. The van der Waals surface area contributed by atoms with Crippen molar-refractivity contribution in [1.82, 2.24) is 0 Å². The summed E-state index contributed by atoms with van der Waals surface area (Å²) in [6.07, 6.45) is -0.989. The topological polar surface area (TPSA) is 44.8 Å². The van der Waals surface area contributed by atoms with Gasteiger partial charge in [0.2, 0.25) is 0 Å². The van der Waals surface area contributed by atoms with Crippen LogP contribution in [0.1, 0.15) is 26.3 Å². The highest BCUT2D eigenvalue weighted by Gasteiger charge is 2.43. The van der Waals surface area contributed by atoms with E-state index in [2.05, 4.69) is 12.1 Å². The molecule has 0 N–H and O–H groups in total. The Labute approximate surface area is 142 Å². The van der Waals surface area contributed by atoms with Gasteiger partial charge in [0.05, 0.1) is 6.10 Å². The van der Waals surface area contributed by atoms with E-state index < -0.39 is 11.9 Å². The van der Waals surface area contributed by atoms with Crippen molar-refractivity contribution in [3.05, 3.63) is 60.2 Å². The summed E-state index contributed by atoms with van der Waals surface area (Å²) < 4.78 is 16.5. The second kappa shape index (κ2) is 6.75. The molecule has 0 unspecified atom stereocenters. The maximum absolute atomic E-state index is 12.2. The van der Waals surface area contributed by atoms with Gasteiger partial charge in [-0.2, -0.15) is 0 Å². The monoisotopic (exact) mass is 326 g/mol. The molecule has 3 rings (SSSR count). The van der Waals surface area contributed by atoms with E-state index in [9.17, 15) is 4.79 Å². The van der Waals surface area contributed by atoms with Crippen LogP contribution in [0.4, 0.5) is 0 Å². The Kier molecular flexibility index (Phi) is 4.69. The quantitative estimate of drug-likeness (QED) is 0.799. The second-order valence-corrected chi connectivity index (χ2v) is 6.43. The Morgan fingerprint density at radius 3 is 2.21 bits per heavy atom. The first kappa shape index (κ1) is 16.7. The minimum Gasteiger partial charge on any atom is -0.459 e. The van der Waals surface area contributed by atoms with Crippen LogP contribution in [0, 0.1) is 0 Å². The maximum atomic E-state index is 12.2. The summed E-state index contributed by atoms with van der Waals surface area (Å²) in [4.78, 5) is 12.2. The lowest BCUT2D eigenvalue weighted by atomic mass is 10.0. The van der Waals surface area contributed by atoms with Crippen LogP contribution in [0.15, 0.2) is 54.6 Å². The number of ether oxygens (including phenoxy) is 3. The summed E-state index contributed by atoms with van der Waals surface area (Å²) in [5, 5.41) is 0. The van der Waals surface area contributed by atoms with Gasteiger partial charge in [-0.25, -0.2) is 4.79 Å². The zero-order chi connectivity index (χ0) is 17.2. The van der Waals surface area contributed by atoms with Gasteiger partial charge < -0.3 is 14.2 Å². The lowest BCUT2D eigenvalue weighted by Crippen LogP contribution is -2.31. The van der Waals surface area contributed by atoms with Crippen LogP contribution in [0.2, 0.25) is 0 Å². The first-order valence-electron chi connectivity index (χ1n) is 8.11. The van der Waals surface area contributed by atoms with E-state index >= 15 is 0 Å². The Balaban J connectivity index is 1.58. The van der Waals surface area contributed by atoms with Crippen LogP contribution in [0.25, 0.3) is 11.1 Å². The minimum atomic E-state index is -0.750. The highest BCUT2D eigenvalue weighted by atomic mass is 16.8. The summed E-state index contributed by atoms with van der Waals surface area (Å²) in [5.41, 5.74) is 3.23. The van der Waals surface area contributed by atoms with E-state index in [0.29, 0.717) is 0 Å². The molecule has 0 saturated carbocycles. The molecule has 0 aromatic heterocycles. The summed E-state index contributed by atoms with van der Waals surface area (Å²) in [7, 11) is 0. The first-order chi connectivity index (χ1) is 11.4. The SMILES string of the molecule is C[C@@H]1OC(C)(C)O[C@H]1C(=O)OCc1ccc(-c2ccccc2)cc1. The molecule has 0 amide bonds. The van der Waals surface area contributed by atoms with Gasteiger partial charge in [-0.3, -0.25) is 0 Å². The second-order valence-electron chi connectivity index (χ2n) is 6.43. The van der Waals surface area contributed by atoms with Gasteiger partial charge in [-0.15, -0.1) is 0 Å². The van der Waals surface area contributed by atoms with Crippen LogP contribution >= 0.6 is 0 Å². The van der Waals surface area contributed by atoms with Crippen LogP contribution in [-0.2, 0) is 25.6 Å². The highest BCUT2D eigenvalue weighted by Crippen LogP contribution is 2.28. The summed E-state index contributed by atoms with van der Waals surface area (Å²) >= 11 is 0. The summed E-state index contributed by atoms with van der Waals surface area (Å²) in [6.45, 7) is 5.62. The van der Waals surface area contributed by atoms with Gasteiger partial charge in [0, 0.05) is 0 Å². The number of carbonyl (C=O) groups is 1. The average molecular weight is 326 g/mol. The van der Waals surface area contributed by atoms with Crippen LogP contribution < -0.4 is 0 Å². The molecule has 0 bridgehead atoms.